The highest BCUT2D eigenvalue weighted by molar-refractivity contribution is 5.88. The van der Waals surface area contributed by atoms with Crippen molar-refractivity contribution in [3.63, 3.8) is 0 Å². The molecule has 3 nitrogen and oxygen atoms in total. The summed E-state index contributed by atoms with van der Waals surface area (Å²) in [7, 11) is 0. The van der Waals surface area contributed by atoms with E-state index in [1.807, 2.05) is 0 Å². The average molecular weight is 210 g/mol. The number of carbonyl (C=O) groups is 2. The predicted octanol–water partition coefficient (Wildman–Crippen LogP) is 2.11. The molecule has 0 heterocycles. The lowest BCUT2D eigenvalue weighted by Gasteiger charge is -2.25. The Morgan fingerprint density at radius 2 is 2.07 bits per heavy atom. The summed E-state index contributed by atoms with van der Waals surface area (Å²) in [6.07, 6.45) is 7.62. The van der Waals surface area contributed by atoms with Gasteiger partial charge in [0.15, 0.2) is 0 Å². The number of esters is 1. The number of rotatable bonds is 5. The van der Waals surface area contributed by atoms with Crippen LogP contribution in [0.5, 0.6) is 0 Å². The minimum absolute atomic E-state index is 0.188. The molecule has 0 saturated heterocycles. The zero-order chi connectivity index (χ0) is 11.1. The summed E-state index contributed by atoms with van der Waals surface area (Å²) in [5.74, 6) is -0.768. The molecule has 1 atom stereocenters. The molecule has 1 aliphatic rings. The maximum absolute atomic E-state index is 11.5. The minimum Gasteiger partial charge on any atom is -0.461 e. The highest BCUT2D eigenvalue weighted by atomic mass is 16.5. The summed E-state index contributed by atoms with van der Waals surface area (Å²) in [6.45, 7) is 3.66. The molecule has 1 saturated carbocycles. The second-order valence-electron chi connectivity index (χ2n) is 3.98. The van der Waals surface area contributed by atoms with Crippen molar-refractivity contribution < 1.29 is 14.3 Å². The van der Waals surface area contributed by atoms with Gasteiger partial charge >= 0.3 is 5.97 Å². The molecular formula is C12H18O3. The molecule has 0 N–H and O–H groups in total. The van der Waals surface area contributed by atoms with Crippen LogP contribution in [0.3, 0.4) is 0 Å². The molecule has 0 amide bonds. The van der Waals surface area contributed by atoms with Gasteiger partial charge in [0, 0.05) is 0 Å². The molecular weight excluding hydrogens is 192 g/mol. The van der Waals surface area contributed by atoms with Crippen LogP contribution < -0.4 is 0 Å². The molecule has 0 aromatic heterocycles. The third-order valence-corrected chi connectivity index (χ3v) is 2.92. The molecule has 15 heavy (non-hydrogen) atoms. The average Bonchev–Trinajstić information content (AvgIpc) is 2.29. The van der Waals surface area contributed by atoms with Gasteiger partial charge in [0.2, 0.25) is 0 Å². The molecule has 0 aromatic carbocycles. The first-order valence-corrected chi connectivity index (χ1v) is 5.52. The molecule has 0 aromatic rings. The zero-order valence-electron chi connectivity index (χ0n) is 8.98. The lowest BCUT2D eigenvalue weighted by molar-refractivity contribution is -0.151. The van der Waals surface area contributed by atoms with E-state index in [1.165, 1.54) is 12.5 Å². The van der Waals surface area contributed by atoms with E-state index in [4.69, 9.17) is 4.74 Å². The fourth-order valence-electron chi connectivity index (χ4n) is 2.09. The molecule has 3 heteroatoms. The Morgan fingerprint density at radius 1 is 1.40 bits per heavy atom. The minimum atomic E-state index is -0.565. The van der Waals surface area contributed by atoms with E-state index in [9.17, 15) is 9.59 Å². The topological polar surface area (TPSA) is 43.4 Å². The van der Waals surface area contributed by atoms with Crippen LogP contribution in [0, 0.1) is 11.8 Å². The van der Waals surface area contributed by atoms with Gasteiger partial charge in [-0.1, -0.05) is 31.9 Å². The van der Waals surface area contributed by atoms with E-state index >= 15 is 0 Å². The second kappa shape index (κ2) is 6.38. The molecule has 1 rings (SSSR count). The molecule has 1 unspecified atom stereocenters. The quantitative estimate of drug-likeness (QED) is 0.302. The SMILES string of the molecule is C=CCOC(=O)C(C=O)C1CCCCC1. The normalized spacial score (nSPS) is 19.2. The number of carbonyl (C=O) groups excluding carboxylic acids is 2. The van der Waals surface area contributed by atoms with Gasteiger partial charge in [-0.25, -0.2) is 0 Å². The van der Waals surface area contributed by atoms with Crippen LogP contribution >= 0.6 is 0 Å². The van der Waals surface area contributed by atoms with Gasteiger partial charge in [-0.2, -0.15) is 0 Å². The van der Waals surface area contributed by atoms with E-state index in [0.717, 1.165) is 32.0 Å². The fraction of sp³-hybridized carbons (Fsp3) is 0.667. The number of hydrogen-bond donors (Lipinski definition) is 0. The Kier molecular flexibility index (Phi) is 5.08. The van der Waals surface area contributed by atoms with E-state index < -0.39 is 11.9 Å². The van der Waals surface area contributed by atoms with Crippen molar-refractivity contribution in [2.24, 2.45) is 11.8 Å². The van der Waals surface area contributed by atoms with Gasteiger partial charge in [-0.15, -0.1) is 0 Å². The highest BCUT2D eigenvalue weighted by Gasteiger charge is 2.30. The maximum atomic E-state index is 11.5. The Labute approximate surface area is 90.5 Å². The standard InChI is InChI=1S/C12H18O3/c1-2-8-15-12(14)11(9-13)10-6-4-3-5-7-10/h2,9-11H,1,3-8H2. The van der Waals surface area contributed by atoms with Gasteiger partial charge < -0.3 is 9.53 Å². The third kappa shape index (κ3) is 3.50. The van der Waals surface area contributed by atoms with Gasteiger partial charge in [0.25, 0.3) is 0 Å². The van der Waals surface area contributed by atoms with Gasteiger partial charge in [-0.05, 0) is 18.8 Å². The third-order valence-electron chi connectivity index (χ3n) is 2.92. The van der Waals surface area contributed by atoms with E-state index in [-0.39, 0.29) is 12.5 Å². The zero-order valence-corrected chi connectivity index (χ0v) is 8.98. The van der Waals surface area contributed by atoms with Crippen molar-refractivity contribution in [2.45, 2.75) is 32.1 Å². The molecule has 0 aliphatic heterocycles. The fourth-order valence-corrected chi connectivity index (χ4v) is 2.09. The monoisotopic (exact) mass is 210 g/mol. The van der Waals surface area contributed by atoms with Crippen molar-refractivity contribution >= 4 is 12.3 Å². The highest BCUT2D eigenvalue weighted by Crippen LogP contribution is 2.29. The lowest BCUT2D eigenvalue weighted by Crippen LogP contribution is -2.28. The van der Waals surface area contributed by atoms with E-state index in [0.29, 0.717) is 0 Å². The van der Waals surface area contributed by atoms with Crippen molar-refractivity contribution in [1.82, 2.24) is 0 Å². The molecule has 1 fully saturated rings. The Hall–Kier alpha value is -1.12. The maximum Gasteiger partial charge on any atom is 0.316 e. The summed E-state index contributed by atoms with van der Waals surface area (Å²) >= 11 is 0. The first-order valence-electron chi connectivity index (χ1n) is 5.52. The molecule has 0 spiro atoms. The van der Waals surface area contributed by atoms with Gasteiger partial charge in [0.05, 0.1) is 0 Å². The van der Waals surface area contributed by atoms with Crippen LogP contribution in [0.15, 0.2) is 12.7 Å². The smallest absolute Gasteiger partial charge is 0.316 e. The van der Waals surface area contributed by atoms with E-state index in [1.54, 1.807) is 0 Å². The van der Waals surface area contributed by atoms with Crippen LogP contribution in [-0.2, 0) is 14.3 Å². The predicted molar refractivity (Wildman–Crippen MR) is 57.3 cm³/mol. The van der Waals surface area contributed by atoms with Crippen LogP contribution in [-0.4, -0.2) is 18.9 Å². The van der Waals surface area contributed by atoms with Crippen LogP contribution in [0.4, 0.5) is 0 Å². The van der Waals surface area contributed by atoms with Crippen molar-refractivity contribution in [3.05, 3.63) is 12.7 Å². The number of aldehydes is 1. The first-order chi connectivity index (χ1) is 7.29. The van der Waals surface area contributed by atoms with E-state index in [2.05, 4.69) is 6.58 Å². The summed E-state index contributed by atoms with van der Waals surface area (Å²) in [5.41, 5.74) is 0. The van der Waals surface area contributed by atoms with Crippen molar-refractivity contribution in [2.75, 3.05) is 6.61 Å². The lowest BCUT2D eigenvalue weighted by atomic mass is 9.80. The summed E-state index contributed by atoms with van der Waals surface area (Å²) in [5, 5.41) is 0. The van der Waals surface area contributed by atoms with Crippen LogP contribution in [0.1, 0.15) is 32.1 Å². The van der Waals surface area contributed by atoms with Gasteiger partial charge in [0.1, 0.15) is 18.8 Å². The number of hydrogen-bond acceptors (Lipinski definition) is 3. The van der Waals surface area contributed by atoms with Crippen molar-refractivity contribution in [3.8, 4) is 0 Å². The Morgan fingerprint density at radius 3 is 2.60 bits per heavy atom. The molecule has 1 aliphatic carbocycles. The summed E-state index contributed by atoms with van der Waals surface area (Å²) in [4.78, 5) is 22.4. The largest absolute Gasteiger partial charge is 0.461 e. The van der Waals surface area contributed by atoms with Crippen LogP contribution in [0.25, 0.3) is 0 Å². The second-order valence-corrected chi connectivity index (χ2v) is 3.98. The number of ether oxygens (including phenoxy) is 1. The molecule has 0 bridgehead atoms. The molecule has 84 valence electrons. The van der Waals surface area contributed by atoms with Crippen molar-refractivity contribution in [1.29, 1.82) is 0 Å². The Bertz CT molecular complexity index is 229. The van der Waals surface area contributed by atoms with Gasteiger partial charge in [-0.3, -0.25) is 4.79 Å². The van der Waals surface area contributed by atoms with Crippen LogP contribution in [0.2, 0.25) is 0 Å². The summed E-state index contributed by atoms with van der Waals surface area (Å²) in [6, 6.07) is 0. The Balaban J connectivity index is 2.48. The summed E-state index contributed by atoms with van der Waals surface area (Å²) < 4.78 is 4.91. The molecule has 0 radical (unpaired) electrons. The first kappa shape index (κ1) is 12.0.